The van der Waals surface area contributed by atoms with E-state index >= 15 is 0 Å². The summed E-state index contributed by atoms with van der Waals surface area (Å²) < 4.78 is 0. The van der Waals surface area contributed by atoms with Crippen molar-refractivity contribution in [2.24, 2.45) is 10.8 Å². The van der Waals surface area contributed by atoms with Crippen LogP contribution in [0.1, 0.15) is 45.6 Å². The topological polar surface area (TPSA) is 49.4 Å². The van der Waals surface area contributed by atoms with E-state index in [0.29, 0.717) is 13.1 Å². The highest BCUT2D eigenvalue weighted by Crippen LogP contribution is 2.52. The molecule has 4 nitrogen and oxygen atoms in total. The average Bonchev–Trinajstić information content (AvgIpc) is 2.76. The van der Waals surface area contributed by atoms with Crippen molar-refractivity contribution in [1.29, 1.82) is 0 Å². The van der Waals surface area contributed by atoms with E-state index < -0.39 is 5.91 Å². The van der Waals surface area contributed by atoms with Crippen LogP contribution in [-0.2, 0) is 16.0 Å². The molecule has 3 rings (SSSR count). The number of carbonyl (C=O) groups excluding carboxylic acids is 2. The van der Waals surface area contributed by atoms with Crippen LogP contribution in [0.5, 0.6) is 0 Å². The molecule has 1 aliphatic carbocycles. The van der Waals surface area contributed by atoms with Gasteiger partial charge in [0.1, 0.15) is 0 Å². The number of nitrogens with one attached hydrogen (secondary N) is 1. The summed E-state index contributed by atoms with van der Waals surface area (Å²) >= 11 is 0. The first kappa shape index (κ1) is 17.0. The number of fused-ring (bicyclic) bond motifs is 2. The van der Waals surface area contributed by atoms with Crippen LogP contribution in [0.2, 0.25) is 0 Å². The third kappa shape index (κ3) is 3.63. The Morgan fingerprint density at radius 2 is 1.88 bits per heavy atom. The van der Waals surface area contributed by atoms with Gasteiger partial charge in [-0.15, -0.1) is 0 Å². The number of hydrogen-bond donors (Lipinski definition) is 1. The smallest absolute Gasteiger partial charge is 0.312 e. The molecule has 1 saturated heterocycles. The summed E-state index contributed by atoms with van der Waals surface area (Å²) in [6, 6.07) is 10.2. The molecule has 2 unspecified atom stereocenters. The fraction of sp³-hybridized carbons (Fsp3) is 0.600. The minimum absolute atomic E-state index is 0.159. The summed E-state index contributed by atoms with van der Waals surface area (Å²) in [5, 5.41) is 2.79. The average molecular weight is 328 g/mol. The van der Waals surface area contributed by atoms with E-state index in [0.717, 1.165) is 31.2 Å². The molecule has 1 aromatic rings. The zero-order valence-electron chi connectivity index (χ0n) is 15.0. The number of amides is 2. The molecule has 2 fully saturated rings. The van der Waals surface area contributed by atoms with Gasteiger partial charge >= 0.3 is 11.8 Å². The normalized spacial score (nSPS) is 27.8. The van der Waals surface area contributed by atoms with E-state index in [1.807, 2.05) is 35.2 Å². The van der Waals surface area contributed by atoms with Crippen LogP contribution in [0.4, 0.5) is 0 Å². The highest BCUT2D eigenvalue weighted by Gasteiger charge is 2.51. The standard InChI is InChI=1S/C20H28N2O2/c1-19(2)11-16-12-20(3,13-19)14-22(16)18(24)17(23)21-10-9-15-7-5-4-6-8-15/h4-8,16H,9-14H2,1-3H3,(H,21,23). The molecule has 0 radical (unpaired) electrons. The van der Waals surface area contributed by atoms with Crippen molar-refractivity contribution in [2.45, 2.75) is 52.5 Å². The van der Waals surface area contributed by atoms with Crippen molar-refractivity contribution >= 4 is 11.8 Å². The Labute approximate surface area is 144 Å². The van der Waals surface area contributed by atoms with Gasteiger partial charge in [0.05, 0.1) is 0 Å². The lowest BCUT2D eigenvalue weighted by Crippen LogP contribution is -2.46. The van der Waals surface area contributed by atoms with Gasteiger partial charge < -0.3 is 10.2 Å². The maximum Gasteiger partial charge on any atom is 0.312 e. The minimum atomic E-state index is -0.458. The molecule has 1 heterocycles. The summed E-state index contributed by atoms with van der Waals surface area (Å²) in [6.07, 6.45) is 3.88. The molecule has 2 amide bonds. The molecule has 1 aromatic carbocycles. The molecule has 24 heavy (non-hydrogen) atoms. The van der Waals surface area contributed by atoms with Crippen LogP contribution < -0.4 is 5.32 Å². The molecule has 0 aromatic heterocycles. The molecule has 0 spiro atoms. The van der Waals surface area contributed by atoms with E-state index in [-0.39, 0.29) is 22.8 Å². The lowest BCUT2D eigenvalue weighted by atomic mass is 9.65. The Balaban J connectivity index is 1.55. The van der Waals surface area contributed by atoms with Crippen molar-refractivity contribution in [3.63, 3.8) is 0 Å². The Morgan fingerprint density at radius 3 is 2.58 bits per heavy atom. The monoisotopic (exact) mass is 328 g/mol. The SMILES string of the molecule is CC1(C)CC2CC(C)(CN2C(=O)C(=O)NCCc2ccccc2)C1. The van der Waals surface area contributed by atoms with Crippen molar-refractivity contribution in [3.05, 3.63) is 35.9 Å². The fourth-order valence-corrected chi connectivity index (χ4v) is 4.87. The van der Waals surface area contributed by atoms with Gasteiger partial charge in [0.2, 0.25) is 0 Å². The molecule has 130 valence electrons. The molecule has 2 bridgehead atoms. The number of benzene rings is 1. The second kappa shape index (κ2) is 6.23. The molecular weight excluding hydrogens is 300 g/mol. The first-order valence-corrected chi connectivity index (χ1v) is 8.91. The summed E-state index contributed by atoms with van der Waals surface area (Å²) in [5.74, 6) is -0.811. The predicted octanol–water partition coefficient (Wildman–Crippen LogP) is 2.77. The Hall–Kier alpha value is -1.84. The number of hydrogen-bond acceptors (Lipinski definition) is 2. The van der Waals surface area contributed by atoms with Crippen molar-refractivity contribution in [3.8, 4) is 0 Å². The third-order valence-electron chi connectivity index (χ3n) is 5.41. The summed E-state index contributed by atoms with van der Waals surface area (Å²) in [4.78, 5) is 26.7. The summed E-state index contributed by atoms with van der Waals surface area (Å²) in [5.41, 5.74) is 1.57. The zero-order valence-corrected chi connectivity index (χ0v) is 15.0. The highest BCUT2D eigenvalue weighted by molar-refractivity contribution is 6.35. The van der Waals surface area contributed by atoms with Crippen molar-refractivity contribution < 1.29 is 9.59 Å². The molecular formula is C20H28N2O2. The van der Waals surface area contributed by atoms with E-state index in [9.17, 15) is 9.59 Å². The third-order valence-corrected chi connectivity index (χ3v) is 5.41. The molecule has 2 atom stereocenters. The summed E-state index contributed by atoms with van der Waals surface area (Å²) in [6.45, 7) is 8.00. The van der Waals surface area contributed by atoms with Gasteiger partial charge in [-0.1, -0.05) is 51.1 Å². The van der Waals surface area contributed by atoms with Gasteiger partial charge in [0, 0.05) is 19.1 Å². The lowest BCUT2D eigenvalue weighted by molar-refractivity contribution is -0.146. The molecule has 1 aliphatic heterocycles. The van der Waals surface area contributed by atoms with Crippen LogP contribution in [0, 0.1) is 10.8 Å². The van der Waals surface area contributed by atoms with Gasteiger partial charge in [-0.3, -0.25) is 9.59 Å². The largest absolute Gasteiger partial charge is 0.347 e. The number of rotatable bonds is 3. The number of carbonyl (C=O) groups is 2. The summed E-state index contributed by atoms with van der Waals surface area (Å²) in [7, 11) is 0. The van der Waals surface area contributed by atoms with Crippen LogP contribution in [-0.4, -0.2) is 35.8 Å². The van der Waals surface area contributed by atoms with Gasteiger partial charge in [-0.25, -0.2) is 0 Å². The van der Waals surface area contributed by atoms with Crippen LogP contribution in [0.3, 0.4) is 0 Å². The Morgan fingerprint density at radius 1 is 1.17 bits per heavy atom. The van der Waals surface area contributed by atoms with Crippen molar-refractivity contribution in [1.82, 2.24) is 10.2 Å². The lowest BCUT2D eigenvalue weighted by Gasteiger charge is -2.39. The Bertz CT molecular complexity index is 626. The van der Waals surface area contributed by atoms with Crippen LogP contribution >= 0.6 is 0 Å². The number of likely N-dealkylation sites (tertiary alicyclic amines) is 1. The predicted molar refractivity (Wildman–Crippen MR) is 94.4 cm³/mol. The first-order valence-electron chi connectivity index (χ1n) is 8.91. The molecule has 1 saturated carbocycles. The van der Waals surface area contributed by atoms with Gasteiger partial charge in [0.15, 0.2) is 0 Å². The van der Waals surface area contributed by atoms with Gasteiger partial charge in [-0.2, -0.15) is 0 Å². The van der Waals surface area contributed by atoms with E-state index in [1.54, 1.807) is 0 Å². The Kier molecular flexibility index (Phi) is 4.41. The van der Waals surface area contributed by atoms with E-state index in [1.165, 1.54) is 0 Å². The van der Waals surface area contributed by atoms with Crippen LogP contribution in [0.15, 0.2) is 30.3 Å². The first-order chi connectivity index (χ1) is 11.3. The second-order valence-electron chi connectivity index (χ2n) is 8.64. The maximum absolute atomic E-state index is 12.6. The fourth-order valence-electron chi connectivity index (χ4n) is 4.87. The van der Waals surface area contributed by atoms with E-state index in [2.05, 4.69) is 26.1 Å². The quantitative estimate of drug-likeness (QED) is 0.868. The van der Waals surface area contributed by atoms with Gasteiger partial charge in [0.25, 0.3) is 0 Å². The van der Waals surface area contributed by atoms with Crippen LogP contribution in [0.25, 0.3) is 0 Å². The minimum Gasteiger partial charge on any atom is -0.347 e. The van der Waals surface area contributed by atoms with E-state index in [4.69, 9.17) is 0 Å². The maximum atomic E-state index is 12.6. The molecule has 1 N–H and O–H groups in total. The molecule has 4 heteroatoms. The molecule has 2 aliphatic rings. The highest BCUT2D eigenvalue weighted by atomic mass is 16.2. The zero-order chi connectivity index (χ0) is 17.4. The van der Waals surface area contributed by atoms with Crippen molar-refractivity contribution in [2.75, 3.05) is 13.1 Å². The second-order valence-corrected chi connectivity index (χ2v) is 8.64. The van der Waals surface area contributed by atoms with Gasteiger partial charge in [-0.05, 0) is 42.1 Å². The number of nitrogens with zero attached hydrogens (tertiary/aromatic N) is 1.